The van der Waals surface area contributed by atoms with Crippen molar-refractivity contribution in [2.75, 3.05) is 7.11 Å². The molecule has 0 bridgehead atoms. The minimum Gasteiger partial charge on any atom is -0.377 e. The number of fused-ring (bicyclic) bond motifs is 1. The van der Waals surface area contributed by atoms with Crippen LogP contribution >= 0.6 is 11.3 Å². The Labute approximate surface area is 126 Å². The molecule has 3 rings (SSSR count). The molecular weight excluding hydrogens is 284 g/mol. The highest BCUT2D eigenvalue weighted by molar-refractivity contribution is 7.16. The average Bonchev–Trinajstić information content (AvgIpc) is 2.95. The SMILES string of the molecule is COCc1nn2c(C#N)c(-c3ccc(C)cc3C)nc2s1. The van der Waals surface area contributed by atoms with E-state index < -0.39 is 0 Å². The van der Waals surface area contributed by atoms with Gasteiger partial charge in [0.1, 0.15) is 16.8 Å². The smallest absolute Gasteiger partial charge is 0.214 e. The molecule has 0 amide bonds. The fourth-order valence-electron chi connectivity index (χ4n) is 2.34. The second kappa shape index (κ2) is 5.28. The van der Waals surface area contributed by atoms with Gasteiger partial charge in [-0.1, -0.05) is 35.1 Å². The van der Waals surface area contributed by atoms with Crippen molar-refractivity contribution in [3.8, 4) is 17.3 Å². The van der Waals surface area contributed by atoms with E-state index in [1.807, 2.05) is 26.0 Å². The average molecular weight is 298 g/mol. The third-order valence-corrected chi connectivity index (χ3v) is 4.14. The van der Waals surface area contributed by atoms with Crippen molar-refractivity contribution in [1.29, 1.82) is 5.26 Å². The molecule has 2 aromatic heterocycles. The number of hydrogen-bond acceptors (Lipinski definition) is 5. The van der Waals surface area contributed by atoms with Crippen molar-refractivity contribution >= 4 is 16.3 Å². The number of hydrogen-bond donors (Lipinski definition) is 0. The first-order valence-corrected chi connectivity index (χ1v) is 7.30. The molecule has 0 aliphatic carbocycles. The zero-order chi connectivity index (χ0) is 15.0. The summed E-state index contributed by atoms with van der Waals surface area (Å²) in [6, 6.07) is 8.35. The molecule has 0 saturated heterocycles. The van der Waals surface area contributed by atoms with Crippen molar-refractivity contribution in [2.24, 2.45) is 0 Å². The van der Waals surface area contributed by atoms with Crippen LogP contribution in [0.25, 0.3) is 16.2 Å². The van der Waals surface area contributed by atoms with Gasteiger partial charge in [0.05, 0.1) is 6.61 Å². The standard InChI is InChI=1S/C15H14N4OS/c1-9-4-5-11(10(2)6-9)14-12(7-16)19-15(17-14)21-13(18-19)8-20-3/h4-6H,8H2,1-3H3. The Hall–Kier alpha value is -2.23. The maximum atomic E-state index is 9.47. The summed E-state index contributed by atoms with van der Waals surface area (Å²) in [6.45, 7) is 4.50. The Balaban J connectivity index is 2.19. The van der Waals surface area contributed by atoms with Crippen LogP contribution in [0.1, 0.15) is 21.8 Å². The molecular formula is C15H14N4OS. The lowest BCUT2D eigenvalue weighted by molar-refractivity contribution is 0.183. The van der Waals surface area contributed by atoms with E-state index in [9.17, 15) is 5.26 Å². The molecule has 6 heteroatoms. The predicted octanol–water partition coefficient (Wildman–Crippen LogP) is 3.09. The first-order valence-electron chi connectivity index (χ1n) is 6.49. The minimum atomic E-state index is 0.428. The lowest BCUT2D eigenvalue weighted by Gasteiger charge is -2.04. The molecule has 0 N–H and O–H groups in total. The molecule has 0 aliphatic heterocycles. The summed E-state index contributed by atoms with van der Waals surface area (Å²) in [5.41, 5.74) is 4.43. The molecule has 21 heavy (non-hydrogen) atoms. The number of ether oxygens (including phenoxy) is 1. The van der Waals surface area contributed by atoms with Crippen LogP contribution in [-0.2, 0) is 11.3 Å². The molecule has 3 aromatic rings. The fourth-order valence-corrected chi connectivity index (χ4v) is 3.20. The molecule has 106 valence electrons. The first kappa shape index (κ1) is 13.7. The van der Waals surface area contributed by atoms with Crippen molar-refractivity contribution in [3.63, 3.8) is 0 Å². The zero-order valence-electron chi connectivity index (χ0n) is 12.0. The van der Waals surface area contributed by atoms with Gasteiger partial charge in [0, 0.05) is 12.7 Å². The van der Waals surface area contributed by atoms with Crippen LogP contribution in [-0.4, -0.2) is 21.7 Å². The lowest BCUT2D eigenvalue weighted by atomic mass is 10.0. The third kappa shape index (κ3) is 2.31. The van der Waals surface area contributed by atoms with Crippen LogP contribution in [0.3, 0.4) is 0 Å². The third-order valence-electron chi connectivity index (χ3n) is 3.26. The largest absolute Gasteiger partial charge is 0.377 e. The highest BCUT2D eigenvalue weighted by atomic mass is 32.1. The quantitative estimate of drug-likeness (QED) is 0.745. The van der Waals surface area contributed by atoms with Gasteiger partial charge in [0.2, 0.25) is 4.96 Å². The van der Waals surface area contributed by atoms with Gasteiger partial charge < -0.3 is 4.74 Å². The van der Waals surface area contributed by atoms with E-state index in [4.69, 9.17) is 4.74 Å². The molecule has 1 aromatic carbocycles. The Bertz CT molecular complexity index is 857. The van der Waals surface area contributed by atoms with Gasteiger partial charge >= 0.3 is 0 Å². The number of imidazole rings is 1. The molecule has 0 radical (unpaired) electrons. The van der Waals surface area contributed by atoms with E-state index >= 15 is 0 Å². The Morgan fingerprint density at radius 3 is 2.86 bits per heavy atom. The van der Waals surface area contributed by atoms with Crippen LogP contribution in [0, 0.1) is 25.2 Å². The number of benzene rings is 1. The predicted molar refractivity (Wildman–Crippen MR) is 81.2 cm³/mol. The molecule has 0 saturated carbocycles. The minimum absolute atomic E-state index is 0.428. The second-order valence-corrected chi connectivity index (χ2v) is 5.90. The molecule has 0 fully saturated rings. The van der Waals surface area contributed by atoms with Crippen LogP contribution in [0.5, 0.6) is 0 Å². The van der Waals surface area contributed by atoms with Crippen LogP contribution in [0.4, 0.5) is 0 Å². The number of methoxy groups -OCH3 is 1. The van der Waals surface area contributed by atoms with Gasteiger partial charge in [-0.3, -0.25) is 0 Å². The first-order chi connectivity index (χ1) is 10.1. The maximum absolute atomic E-state index is 9.47. The highest BCUT2D eigenvalue weighted by Gasteiger charge is 2.18. The Morgan fingerprint density at radius 2 is 2.19 bits per heavy atom. The van der Waals surface area contributed by atoms with Gasteiger partial charge in [-0.15, -0.1) is 0 Å². The number of aryl methyl sites for hydroxylation is 2. The molecule has 0 unspecified atom stereocenters. The summed E-state index contributed by atoms with van der Waals surface area (Å²) in [5.74, 6) is 0. The number of nitrogens with zero attached hydrogens (tertiary/aromatic N) is 4. The normalized spacial score (nSPS) is 11.0. The van der Waals surface area contributed by atoms with E-state index in [1.54, 1.807) is 11.6 Å². The van der Waals surface area contributed by atoms with Crippen LogP contribution in [0.15, 0.2) is 18.2 Å². The van der Waals surface area contributed by atoms with Gasteiger partial charge in [0.15, 0.2) is 5.69 Å². The van der Waals surface area contributed by atoms with Crippen molar-refractivity contribution < 1.29 is 4.74 Å². The molecule has 0 spiro atoms. The van der Waals surface area contributed by atoms with Crippen molar-refractivity contribution in [2.45, 2.75) is 20.5 Å². The zero-order valence-corrected chi connectivity index (χ0v) is 12.9. The van der Waals surface area contributed by atoms with E-state index in [-0.39, 0.29) is 0 Å². The summed E-state index contributed by atoms with van der Waals surface area (Å²) in [4.78, 5) is 5.30. The van der Waals surface area contributed by atoms with E-state index in [0.717, 1.165) is 16.1 Å². The highest BCUT2D eigenvalue weighted by Crippen LogP contribution is 2.29. The fraction of sp³-hybridized carbons (Fsp3) is 0.267. The van der Waals surface area contributed by atoms with Gasteiger partial charge in [-0.25, -0.2) is 4.98 Å². The van der Waals surface area contributed by atoms with E-state index in [2.05, 4.69) is 22.2 Å². The monoisotopic (exact) mass is 298 g/mol. The number of rotatable bonds is 3. The van der Waals surface area contributed by atoms with Gasteiger partial charge in [-0.05, 0) is 19.4 Å². The molecule has 2 heterocycles. The summed E-state index contributed by atoms with van der Waals surface area (Å²) in [5, 5.41) is 14.7. The Morgan fingerprint density at radius 1 is 1.38 bits per heavy atom. The molecule has 5 nitrogen and oxygen atoms in total. The van der Waals surface area contributed by atoms with E-state index in [1.165, 1.54) is 16.9 Å². The topological polar surface area (TPSA) is 63.2 Å². The van der Waals surface area contributed by atoms with Crippen LogP contribution < -0.4 is 0 Å². The van der Waals surface area contributed by atoms with Crippen molar-refractivity contribution in [1.82, 2.24) is 14.6 Å². The lowest BCUT2D eigenvalue weighted by Crippen LogP contribution is -1.94. The number of aromatic nitrogens is 3. The summed E-state index contributed by atoms with van der Waals surface area (Å²) >= 11 is 1.44. The van der Waals surface area contributed by atoms with Crippen molar-refractivity contribution in [3.05, 3.63) is 40.0 Å². The van der Waals surface area contributed by atoms with Crippen LogP contribution in [0.2, 0.25) is 0 Å². The summed E-state index contributed by atoms with van der Waals surface area (Å²) in [7, 11) is 1.62. The summed E-state index contributed by atoms with van der Waals surface area (Å²) < 4.78 is 6.68. The molecule has 0 atom stereocenters. The maximum Gasteiger partial charge on any atom is 0.214 e. The van der Waals surface area contributed by atoms with Gasteiger partial charge in [-0.2, -0.15) is 14.9 Å². The second-order valence-electron chi connectivity index (χ2n) is 4.86. The molecule has 0 aliphatic rings. The number of nitriles is 1. The Kier molecular flexibility index (Phi) is 3.45. The van der Waals surface area contributed by atoms with E-state index in [0.29, 0.717) is 23.0 Å². The van der Waals surface area contributed by atoms with Gasteiger partial charge in [0.25, 0.3) is 0 Å². The summed E-state index contributed by atoms with van der Waals surface area (Å²) in [6.07, 6.45) is 0.